The molecule has 2 rings (SSSR count). The summed E-state index contributed by atoms with van der Waals surface area (Å²) < 4.78 is 5.49. The summed E-state index contributed by atoms with van der Waals surface area (Å²) in [5, 5.41) is 27.5. The van der Waals surface area contributed by atoms with Crippen LogP contribution in [0, 0.1) is 34.0 Å². The first-order valence-electron chi connectivity index (χ1n) is 6.21. The van der Waals surface area contributed by atoms with Crippen molar-refractivity contribution in [3.05, 3.63) is 70.3 Å². The van der Waals surface area contributed by atoms with Crippen LogP contribution in [0.2, 0.25) is 0 Å². The molecule has 0 N–H and O–H groups in total. The number of nitrogens with zero attached hydrogens (tertiary/aromatic N) is 3. The van der Waals surface area contributed by atoms with E-state index in [9.17, 15) is 5.26 Å². The fourth-order valence-electron chi connectivity index (χ4n) is 2.19. The third-order valence-electron chi connectivity index (χ3n) is 3.17. The Morgan fingerprint density at radius 1 is 0.857 bits per heavy atom. The molecule has 2 aromatic rings. The second-order valence-electron chi connectivity index (χ2n) is 4.35. The van der Waals surface area contributed by atoms with Gasteiger partial charge in [0.05, 0.1) is 22.8 Å². The van der Waals surface area contributed by atoms with Gasteiger partial charge in [-0.05, 0) is 17.7 Å². The van der Waals surface area contributed by atoms with Gasteiger partial charge in [0.2, 0.25) is 0 Å². The second-order valence-corrected chi connectivity index (χ2v) is 4.35. The number of benzene rings is 2. The minimum atomic E-state index is -0.458. The van der Waals surface area contributed by atoms with Crippen molar-refractivity contribution in [2.45, 2.75) is 6.10 Å². The van der Waals surface area contributed by atoms with Crippen LogP contribution in [0.5, 0.6) is 0 Å². The summed E-state index contributed by atoms with van der Waals surface area (Å²) in [6.45, 7) is 0. The number of methoxy groups -OCH3 is 1. The summed E-state index contributed by atoms with van der Waals surface area (Å²) in [7, 11) is 1.54. The molecule has 0 saturated carbocycles. The zero-order chi connectivity index (χ0) is 15.2. The molecule has 0 saturated heterocycles. The van der Waals surface area contributed by atoms with Crippen LogP contribution in [0.3, 0.4) is 0 Å². The Bertz CT molecular complexity index is 777. The lowest BCUT2D eigenvalue weighted by Gasteiger charge is -2.18. The molecule has 0 bridgehead atoms. The van der Waals surface area contributed by atoms with Crippen LogP contribution in [-0.2, 0) is 4.74 Å². The molecule has 0 aliphatic heterocycles. The van der Waals surface area contributed by atoms with E-state index in [1.807, 2.05) is 42.5 Å². The molecule has 2 aromatic carbocycles. The minimum Gasteiger partial charge on any atom is -0.372 e. The SMILES string of the molecule is COC(c1ccccc1)c1cc(C#N)c(C#N)cc1C#N. The predicted octanol–water partition coefficient (Wildman–Crippen LogP) is 3.04. The summed E-state index contributed by atoms with van der Waals surface area (Å²) >= 11 is 0. The highest BCUT2D eigenvalue weighted by Gasteiger charge is 2.19. The van der Waals surface area contributed by atoms with E-state index < -0.39 is 6.10 Å². The number of hydrogen-bond acceptors (Lipinski definition) is 4. The lowest BCUT2D eigenvalue weighted by atomic mass is 9.93. The topological polar surface area (TPSA) is 80.6 Å². The van der Waals surface area contributed by atoms with Gasteiger partial charge in [0.15, 0.2) is 0 Å². The lowest BCUT2D eigenvalue weighted by molar-refractivity contribution is 0.136. The van der Waals surface area contributed by atoms with Crippen molar-refractivity contribution in [3.8, 4) is 18.2 Å². The van der Waals surface area contributed by atoms with Gasteiger partial charge in [-0.15, -0.1) is 0 Å². The van der Waals surface area contributed by atoms with Crippen molar-refractivity contribution in [2.75, 3.05) is 7.11 Å². The van der Waals surface area contributed by atoms with Crippen LogP contribution >= 0.6 is 0 Å². The summed E-state index contributed by atoms with van der Waals surface area (Å²) in [5.74, 6) is 0. The third kappa shape index (κ3) is 2.74. The molecule has 1 unspecified atom stereocenters. The maximum atomic E-state index is 9.30. The van der Waals surface area contributed by atoms with Crippen LogP contribution in [0.25, 0.3) is 0 Å². The van der Waals surface area contributed by atoms with Crippen molar-refractivity contribution in [3.63, 3.8) is 0 Å². The van der Waals surface area contributed by atoms with Crippen molar-refractivity contribution in [1.82, 2.24) is 0 Å². The van der Waals surface area contributed by atoms with Gasteiger partial charge in [-0.2, -0.15) is 15.8 Å². The maximum Gasteiger partial charge on any atom is 0.108 e. The number of rotatable bonds is 3. The first kappa shape index (κ1) is 14.3. The quantitative estimate of drug-likeness (QED) is 0.860. The normalized spacial score (nSPS) is 11.0. The number of hydrogen-bond donors (Lipinski definition) is 0. The van der Waals surface area contributed by atoms with E-state index in [4.69, 9.17) is 15.3 Å². The van der Waals surface area contributed by atoms with Gasteiger partial charge < -0.3 is 4.74 Å². The molecule has 0 heterocycles. The second kappa shape index (κ2) is 6.35. The molecular formula is C17H11N3O. The fourth-order valence-corrected chi connectivity index (χ4v) is 2.19. The molecule has 0 aliphatic carbocycles. The Hall–Kier alpha value is -3.13. The van der Waals surface area contributed by atoms with Crippen molar-refractivity contribution >= 4 is 0 Å². The Balaban J connectivity index is 2.65. The van der Waals surface area contributed by atoms with Crippen LogP contribution in [0.15, 0.2) is 42.5 Å². The minimum absolute atomic E-state index is 0.195. The van der Waals surface area contributed by atoms with Crippen LogP contribution in [-0.4, -0.2) is 7.11 Å². The van der Waals surface area contributed by atoms with Gasteiger partial charge in [-0.25, -0.2) is 0 Å². The van der Waals surface area contributed by atoms with Gasteiger partial charge in [0, 0.05) is 12.7 Å². The van der Waals surface area contributed by atoms with E-state index in [2.05, 4.69) is 6.07 Å². The Morgan fingerprint density at radius 3 is 1.95 bits per heavy atom. The van der Waals surface area contributed by atoms with Crippen molar-refractivity contribution in [2.24, 2.45) is 0 Å². The van der Waals surface area contributed by atoms with Gasteiger partial charge in [-0.3, -0.25) is 0 Å². The molecule has 4 nitrogen and oxygen atoms in total. The molecule has 21 heavy (non-hydrogen) atoms. The maximum absolute atomic E-state index is 9.30. The van der Waals surface area contributed by atoms with E-state index in [1.54, 1.807) is 13.2 Å². The molecule has 0 fully saturated rings. The van der Waals surface area contributed by atoms with E-state index in [0.29, 0.717) is 11.1 Å². The van der Waals surface area contributed by atoms with Gasteiger partial charge >= 0.3 is 0 Å². The van der Waals surface area contributed by atoms with Crippen molar-refractivity contribution < 1.29 is 4.74 Å². The van der Waals surface area contributed by atoms with E-state index in [0.717, 1.165) is 5.56 Å². The van der Waals surface area contributed by atoms with E-state index in [1.165, 1.54) is 6.07 Å². The Labute approximate surface area is 123 Å². The fraction of sp³-hybridized carbons (Fsp3) is 0.118. The van der Waals surface area contributed by atoms with E-state index >= 15 is 0 Å². The smallest absolute Gasteiger partial charge is 0.108 e. The third-order valence-corrected chi connectivity index (χ3v) is 3.17. The summed E-state index contributed by atoms with van der Waals surface area (Å²) in [4.78, 5) is 0. The highest BCUT2D eigenvalue weighted by Crippen LogP contribution is 2.29. The number of nitriles is 3. The van der Waals surface area contributed by atoms with Crippen LogP contribution in [0.1, 0.15) is 33.9 Å². The highest BCUT2D eigenvalue weighted by atomic mass is 16.5. The zero-order valence-corrected chi connectivity index (χ0v) is 11.4. The first-order valence-corrected chi connectivity index (χ1v) is 6.21. The van der Waals surface area contributed by atoms with Crippen LogP contribution < -0.4 is 0 Å². The monoisotopic (exact) mass is 273 g/mol. The lowest BCUT2D eigenvalue weighted by Crippen LogP contribution is -2.07. The standard InChI is InChI=1S/C17H11N3O/c1-21-17(12-5-3-2-4-6-12)16-8-14(10-19)13(9-18)7-15(16)11-20/h2-8,17H,1H3. The molecule has 0 aliphatic rings. The first-order chi connectivity index (χ1) is 10.2. The summed E-state index contributed by atoms with van der Waals surface area (Å²) in [6, 6.07) is 18.4. The summed E-state index contributed by atoms with van der Waals surface area (Å²) in [6.07, 6.45) is -0.458. The molecule has 0 aromatic heterocycles. The van der Waals surface area contributed by atoms with E-state index in [-0.39, 0.29) is 11.1 Å². The van der Waals surface area contributed by atoms with Crippen molar-refractivity contribution in [1.29, 1.82) is 15.8 Å². The Kier molecular flexibility index (Phi) is 4.32. The largest absolute Gasteiger partial charge is 0.372 e. The molecule has 100 valence electrons. The molecule has 4 heteroatoms. The molecule has 0 spiro atoms. The average Bonchev–Trinajstić information content (AvgIpc) is 2.56. The average molecular weight is 273 g/mol. The van der Waals surface area contributed by atoms with Gasteiger partial charge in [-0.1, -0.05) is 30.3 Å². The van der Waals surface area contributed by atoms with Gasteiger partial charge in [0.1, 0.15) is 18.2 Å². The molecule has 0 amide bonds. The molecule has 0 radical (unpaired) electrons. The Morgan fingerprint density at radius 2 is 1.43 bits per heavy atom. The number of ether oxygens (including phenoxy) is 1. The highest BCUT2D eigenvalue weighted by molar-refractivity contribution is 5.55. The predicted molar refractivity (Wildman–Crippen MR) is 75.9 cm³/mol. The molecule has 1 atom stereocenters. The zero-order valence-electron chi connectivity index (χ0n) is 11.4. The van der Waals surface area contributed by atoms with Crippen LogP contribution in [0.4, 0.5) is 0 Å². The molecular weight excluding hydrogens is 262 g/mol. The van der Waals surface area contributed by atoms with Gasteiger partial charge in [0.25, 0.3) is 0 Å². The summed E-state index contributed by atoms with van der Waals surface area (Å²) in [5.41, 5.74) is 2.23.